The molecule has 96 valence electrons. The first-order chi connectivity index (χ1) is 9.20. The SMILES string of the molecule is Cc1ccccc1CNC(C)c1ccc(C#N)cc1. The predicted octanol–water partition coefficient (Wildman–Crippen LogP) is 3.72. The van der Waals surface area contributed by atoms with Crippen LogP contribution in [0.25, 0.3) is 0 Å². The second-order valence-electron chi connectivity index (χ2n) is 4.76. The number of hydrogen-bond acceptors (Lipinski definition) is 2. The van der Waals surface area contributed by atoms with Gasteiger partial charge in [-0.2, -0.15) is 5.26 Å². The third-order valence-electron chi connectivity index (χ3n) is 3.40. The lowest BCUT2D eigenvalue weighted by Gasteiger charge is -2.15. The van der Waals surface area contributed by atoms with Crippen molar-refractivity contribution >= 4 is 0 Å². The van der Waals surface area contributed by atoms with E-state index >= 15 is 0 Å². The maximum absolute atomic E-state index is 8.78. The monoisotopic (exact) mass is 250 g/mol. The van der Waals surface area contributed by atoms with Gasteiger partial charge in [-0.15, -0.1) is 0 Å². The van der Waals surface area contributed by atoms with E-state index in [2.05, 4.69) is 49.5 Å². The van der Waals surface area contributed by atoms with E-state index in [0.29, 0.717) is 5.56 Å². The van der Waals surface area contributed by atoms with Crippen molar-refractivity contribution in [1.82, 2.24) is 5.32 Å². The highest BCUT2D eigenvalue weighted by Gasteiger charge is 2.05. The normalized spacial score (nSPS) is 11.8. The predicted molar refractivity (Wildman–Crippen MR) is 77.6 cm³/mol. The van der Waals surface area contributed by atoms with Gasteiger partial charge in [0.15, 0.2) is 0 Å². The molecule has 1 unspecified atom stereocenters. The molecule has 0 fully saturated rings. The van der Waals surface area contributed by atoms with Crippen LogP contribution in [0.15, 0.2) is 48.5 Å². The lowest BCUT2D eigenvalue weighted by atomic mass is 10.1. The third kappa shape index (κ3) is 3.43. The Morgan fingerprint density at radius 3 is 2.42 bits per heavy atom. The fourth-order valence-corrected chi connectivity index (χ4v) is 2.04. The van der Waals surface area contributed by atoms with E-state index in [1.807, 2.05) is 24.3 Å². The highest BCUT2D eigenvalue weighted by molar-refractivity contribution is 5.33. The summed E-state index contributed by atoms with van der Waals surface area (Å²) in [6, 6.07) is 18.5. The van der Waals surface area contributed by atoms with Gasteiger partial charge >= 0.3 is 0 Å². The van der Waals surface area contributed by atoms with Gasteiger partial charge in [0, 0.05) is 12.6 Å². The topological polar surface area (TPSA) is 35.8 Å². The molecule has 19 heavy (non-hydrogen) atoms. The lowest BCUT2D eigenvalue weighted by Crippen LogP contribution is -2.18. The van der Waals surface area contributed by atoms with E-state index in [4.69, 9.17) is 5.26 Å². The van der Waals surface area contributed by atoms with Crippen LogP contribution in [0, 0.1) is 18.3 Å². The van der Waals surface area contributed by atoms with Crippen molar-refractivity contribution in [1.29, 1.82) is 5.26 Å². The largest absolute Gasteiger partial charge is 0.306 e. The molecule has 0 radical (unpaired) electrons. The molecule has 2 nitrogen and oxygen atoms in total. The van der Waals surface area contributed by atoms with Gasteiger partial charge in [0.05, 0.1) is 11.6 Å². The van der Waals surface area contributed by atoms with Gasteiger partial charge in [-0.1, -0.05) is 36.4 Å². The third-order valence-corrected chi connectivity index (χ3v) is 3.40. The summed E-state index contributed by atoms with van der Waals surface area (Å²) in [5, 5.41) is 12.3. The second kappa shape index (κ2) is 6.17. The Balaban J connectivity index is 1.99. The molecule has 0 aliphatic heterocycles. The Labute approximate surface area is 114 Å². The van der Waals surface area contributed by atoms with Crippen molar-refractivity contribution in [2.45, 2.75) is 26.4 Å². The molecule has 2 heteroatoms. The number of hydrogen-bond donors (Lipinski definition) is 1. The molecule has 0 saturated heterocycles. The van der Waals surface area contributed by atoms with E-state index in [1.54, 1.807) is 0 Å². The molecule has 0 spiro atoms. The minimum atomic E-state index is 0.271. The lowest BCUT2D eigenvalue weighted by molar-refractivity contribution is 0.573. The van der Waals surface area contributed by atoms with Crippen LogP contribution in [0.4, 0.5) is 0 Å². The minimum absolute atomic E-state index is 0.271. The van der Waals surface area contributed by atoms with Gasteiger partial charge in [0.2, 0.25) is 0 Å². The molecule has 0 aliphatic carbocycles. The highest BCUT2D eigenvalue weighted by Crippen LogP contribution is 2.15. The van der Waals surface area contributed by atoms with E-state index in [-0.39, 0.29) is 6.04 Å². The molecule has 1 atom stereocenters. The van der Waals surface area contributed by atoms with Crippen molar-refractivity contribution in [2.24, 2.45) is 0 Å². The van der Waals surface area contributed by atoms with Crippen LogP contribution in [0.3, 0.4) is 0 Å². The Morgan fingerprint density at radius 2 is 1.79 bits per heavy atom. The smallest absolute Gasteiger partial charge is 0.0991 e. The fourth-order valence-electron chi connectivity index (χ4n) is 2.04. The average molecular weight is 250 g/mol. The Kier molecular flexibility index (Phi) is 4.33. The Hall–Kier alpha value is -2.11. The van der Waals surface area contributed by atoms with Crippen molar-refractivity contribution in [3.63, 3.8) is 0 Å². The van der Waals surface area contributed by atoms with Crippen LogP contribution in [0.2, 0.25) is 0 Å². The van der Waals surface area contributed by atoms with Gasteiger partial charge in [0.1, 0.15) is 0 Å². The highest BCUT2D eigenvalue weighted by atomic mass is 14.9. The summed E-state index contributed by atoms with van der Waals surface area (Å²) in [4.78, 5) is 0. The van der Waals surface area contributed by atoms with Crippen molar-refractivity contribution in [3.8, 4) is 6.07 Å². The standard InChI is InChI=1S/C17H18N2/c1-13-5-3-4-6-17(13)12-19-14(2)16-9-7-15(11-18)8-10-16/h3-10,14,19H,12H2,1-2H3. The number of nitrogens with zero attached hydrogens (tertiary/aromatic N) is 1. The van der Waals surface area contributed by atoms with Crippen molar-refractivity contribution < 1.29 is 0 Å². The molecule has 0 aromatic heterocycles. The number of aryl methyl sites for hydroxylation is 1. The Morgan fingerprint density at radius 1 is 1.11 bits per heavy atom. The summed E-state index contributed by atoms with van der Waals surface area (Å²) in [6.07, 6.45) is 0. The van der Waals surface area contributed by atoms with Crippen LogP contribution < -0.4 is 5.32 Å². The number of rotatable bonds is 4. The summed E-state index contributed by atoms with van der Waals surface area (Å²) in [7, 11) is 0. The van der Waals surface area contributed by atoms with E-state index in [9.17, 15) is 0 Å². The summed E-state index contributed by atoms with van der Waals surface area (Å²) in [6.45, 7) is 5.12. The maximum atomic E-state index is 8.78. The van der Waals surface area contributed by atoms with Gasteiger partial charge in [-0.05, 0) is 42.7 Å². The van der Waals surface area contributed by atoms with E-state index in [0.717, 1.165) is 6.54 Å². The zero-order chi connectivity index (χ0) is 13.7. The zero-order valence-electron chi connectivity index (χ0n) is 11.4. The molecule has 0 aliphatic rings. The zero-order valence-corrected chi connectivity index (χ0v) is 11.4. The number of nitriles is 1. The average Bonchev–Trinajstić information content (AvgIpc) is 2.46. The van der Waals surface area contributed by atoms with Crippen LogP contribution in [-0.4, -0.2) is 0 Å². The summed E-state index contributed by atoms with van der Waals surface area (Å²) >= 11 is 0. The van der Waals surface area contributed by atoms with Gasteiger partial charge in [-0.25, -0.2) is 0 Å². The summed E-state index contributed by atoms with van der Waals surface area (Å²) < 4.78 is 0. The van der Waals surface area contributed by atoms with Gasteiger partial charge in [0.25, 0.3) is 0 Å². The van der Waals surface area contributed by atoms with Crippen LogP contribution in [0.5, 0.6) is 0 Å². The van der Waals surface area contributed by atoms with E-state index < -0.39 is 0 Å². The molecule has 2 aromatic carbocycles. The molecule has 2 aromatic rings. The first-order valence-electron chi connectivity index (χ1n) is 6.48. The number of nitrogens with one attached hydrogen (secondary N) is 1. The molecular weight excluding hydrogens is 232 g/mol. The first-order valence-corrected chi connectivity index (χ1v) is 6.48. The molecular formula is C17H18N2. The molecule has 0 heterocycles. The van der Waals surface area contributed by atoms with Crippen molar-refractivity contribution in [2.75, 3.05) is 0 Å². The second-order valence-corrected chi connectivity index (χ2v) is 4.76. The quantitative estimate of drug-likeness (QED) is 0.897. The minimum Gasteiger partial charge on any atom is -0.306 e. The molecule has 0 amide bonds. The number of benzene rings is 2. The maximum Gasteiger partial charge on any atom is 0.0991 e. The van der Waals surface area contributed by atoms with Crippen LogP contribution in [0.1, 0.15) is 35.2 Å². The van der Waals surface area contributed by atoms with Crippen molar-refractivity contribution in [3.05, 3.63) is 70.8 Å². The Bertz CT molecular complexity index is 579. The van der Waals surface area contributed by atoms with Crippen LogP contribution in [-0.2, 0) is 6.54 Å². The van der Waals surface area contributed by atoms with Crippen LogP contribution >= 0.6 is 0 Å². The van der Waals surface area contributed by atoms with E-state index in [1.165, 1.54) is 16.7 Å². The summed E-state index contributed by atoms with van der Waals surface area (Å²) in [5.41, 5.74) is 4.53. The molecule has 0 saturated carbocycles. The fraction of sp³-hybridized carbons (Fsp3) is 0.235. The first kappa shape index (κ1) is 13.3. The molecule has 1 N–H and O–H groups in total. The molecule has 2 rings (SSSR count). The molecule has 0 bridgehead atoms. The van der Waals surface area contributed by atoms with Gasteiger partial charge in [-0.3, -0.25) is 0 Å². The van der Waals surface area contributed by atoms with Gasteiger partial charge < -0.3 is 5.32 Å². The summed E-state index contributed by atoms with van der Waals surface area (Å²) in [5.74, 6) is 0.